The summed E-state index contributed by atoms with van der Waals surface area (Å²) in [6, 6.07) is 7.10. The Bertz CT molecular complexity index is 589. The highest BCUT2D eigenvalue weighted by atomic mass is 35.5. The molecule has 2 amide bonds. The number of hydrogen-bond donors (Lipinski definition) is 2. The zero-order chi connectivity index (χ0) is 18.4. The Morgan fingerprint density at radius 1 is 1.28 bits per heavy atom. The van der Waals surface area contributed by atoms with Crippen LogP contribution < -0.4 is 10.6 Å². The zero-order valence-corrected chi connectivity index (χ0v) is 15.8. The lowest BCUT2D eigenvalue weighted by molar-refractivity contribution is -0.130. The van der Waals surface area contributed by atoms with Crippen molar-refractivity contribution in [1.82, 2.24) is 10.6 Å². The van der Waals surface area contributed by atoms with Crippen LogP contribution in [0.5, 0.6) is 0 Å². The predicted molar refractivity (Wildman–Crippen MR) is 98.6 cm³/mol. The number of hydrogen-bond acceptors (Lipinski definition) is 3. The first-order chi connectivity index (χ1) is 11.9. The molecule has 1 aromatic carbocycles. The van der Waals surface area contributed by atoms with E-state index in [1.807, 2.05) is 38.1 Å². The van der Waals surface area contributed by atoms with Gasteiger partial charge in [0.2, 0.25) is 11.8 Å². The van der Waals surface area contributed by atoms with Crippen LogP contribution in [0, 0.1) is 11.8 Å². The molecule has 0 saturated heterocycles. The number of carbonyl (C=O) groups is 2. The standard InChI is InChI=1S/C19H27ClN2O3/c1-12(2)10-17(19(24)21-8-9-25-3)22-18(23)16-11-15(16)13-4-6-14(20)7-5-13/h4-7,12,15-17H,8-11H2,1-3H3,(H,21,24)(H,22,23)/t15-,16-,17+/m1/s1. The minimum atomic E-state index is -0.504. The molecule has 0 heterocycles. The number of benzene rings is 1. The summed E-state index contributed by atoms with van der Waals surface area (Å²) in [5.41, 5.74) is 1.12. The third-order valence-electron chi connectivity index (χ3n) is 4.37. The van der Waals surface area contributed by atoms with E-state index in [-0.39, 0.29) is 23.7 Å². The summed E-state index contributed by atoms with van der Waals surface area (Å²) in [6.07, 6.45) is 1.43. The van der Waals surface area contributed by atoms with Gasteiger partial charge in [-0.1, -0.05) is 37.6 Å². The second kappa shape index (κ2) is 9.20. The molecular formula is C19H27ClN2O3. The van der Waals surface area contributed by atoms with E-state index in [1.165, 1.54) is 0 Å². The van der Waals surface area contributed by atoms with Gasteiger partial charge in [0, 0.05) is 24.6 Å². The number of methoxy groups -OCH3 is 1. The number of amides is 2. The second-order valence-electron chi connectivity index (χ2n) is 6.97. The summed E-state index contributed by atoms with van der Waals surface area (Å²) in [7, 11) is 1.59. The van der Waals surface area contributed by atoms with Crippen molar-refractivity contribution in [2.24, 2.45) is 11.8 Å². The van der Waals surface area contributed by atoms with E-state index >= 15 is 0 Å². The minimum absolute atomic E-state index is 0.0486. The highest BCUT2D eigenvalue weighted by molar-refractivity contribution is 6.30. The Balaban J connectivity index is 1.90. The van der Waals surface area contributed by atoms with E-state index in [9.17, 15) is 9.59 Å². The van der Waals surface area contributed by atoms with Crippen molar-refractivity contribution in [1.29, 1.82) is 0 Å². The molecule has 0 spiro atoms. The van der Waals surface area contributed by atoms with E-state index < -0.39 is 6.04 Å². The average molecular weight is 367 g/mol. The van der Waals surface area contributed by atoms with E-state index in [4.69, 9.17) is 16.3 Å². The summed E-state index contributed by atoms with van der Waals surface area (Å²) < 4.78 is 4.94. The van der Waals surface area contributed by atoms with Gasteiger partial charge in [-0.15, -0.1) is 0 Å². The monoisotopic (exact) mass is 366 g/mol. The van der Waals surface area contributed by atoms with E-state index in [2.05, 4.69) is 10.6 Å². The van der Waals surface area contributed by atoms with Crippen molar-refractivity contribution < 1.29 is 14.3 Å². The van der Waals surface area contributed by atoms with Gasteiger partial charge >= 0.3 is 0 Å². The molecule has 2 rings (SSSR count). The van der Waals surface area contributed by atoms with Crippen LogP contribution in [-0.4, -0.2) is 38.1 Å². The number of ether oxygens (including phenoxy) is 1. The van der Waals surface area contributed by atoms with Crippen LogP contribution in [0.25, 0.3) is 0 Å². The van der Waals surface area contributed by atoms with Crippen LogP contribution >= 0.6 is 11.6 Å². The molecule has 138 valence electrons. The molecule has 0 aromatic heterocycles. The molecule has 1 fully saturated rings. The summed E-state index contributed by atoms with van der Waals surface area (Å²) in [4.78, 5) is 24.9. The van der Waals surface area contributed by atoms with Gasteiger partial charge in [0.25, 0.3) is 0 Å². The SMILES string of the molecule is COCCNC(=O)[C@H](CC(C)C)NC(=O)[C@@H]1C[C@@H]1c1ccc(Cl)cc1. The molecule has 1 saturated carbocycles. The van der Waals surface area contributed by atoms with Gasteiger partial charge in [0.15, 0.2) is 0 Å². The Labute approximate surface area is 154 Å². The zero-order valence-electron chi connectivity index (χ0n) is 15.0. The van der Waals surface area contributed by atoms with Gasteiger partial charge in [0.1, 0.15) is 6.04 Å². The van der Waals surface area contributed by atoms with E-state index in [0.717, 1.165) is 12.0 Å². The summed E-state index contributed by atoms with van der Waals surface area (Å²) in [6.45, 7) is 4.97. The molecule has 0 unspecified atom stereocenters. The van der Waals surface area contributed by atoms with Crippen molar-refractivity contribution in [3.05, 3.63) is 34.9 Å². The molecular weight excluding hydrogens is 340 g/mol. The summed E-state index contributed by atoms with van der Waals surface area (Å²) >= 11 is 5.91. The number of rotatable bonds is 9. The predicted octanol–water partition coefficient (Wildman–Crippen LogP) is 2.74. The maximum absolute atomic E-state index is 12.5. The summed E-state index contributed by atoms with van der Waals surface area (Å²) in [5, 5.41) is 6.43. The second-order valence-corrected chi connectivity index (χ2v) is 7.41. The number of nitrogens with one attached hydrogen (secondary N) is 2. The fraction of sp³-hybridized carbons (Fsp3) is 0.579. The van der Waals surface area contributed by atoms with Crippen molar-refractivity contribution in [2.45, 2.75) is 38.6 Å². The van der Waals surface area contributed by atoms with Crippen LogP contribution in [0.3, 0.4) is 0 Å². The number of halogens is 1. The topological polar surface area (TPSA) is 67.4 Å². The maximum Gasteiger partial charge on any atom is 0.242 e. The van der Waals surface area contributed by atoms with Crippen LogP contribution in [0.2, 0.25) is 5.02 Å². The molecule has 1 aromatic rings. The minimum Gasteiger partial charge on any atom is -0.383 e. The third kappa shape index (κ3) is 6.01. The molecule has 2 N–H and O–H groups in total. The normalized spacial score (nSPS) is 20.2. The van der Waals surface area contributed by atoms with Crippen molar-refractivity contribution in [2.75, 3.05) is 20.3 Å². The molecule has 25 heavy (non-hydrogen) atoms. The van der Waals surface area contributed by atoms with Crippen LogP contribution in [0.4, 0.5) is 0 Å². The highest BCUT2D eigenvalue weighted by Crippen LogP contribution is 2.47. The highest BCUT2D eigenvalue weighted by Gasteiger charge is 2.44. The Hall–Kier alpha value is -1.59. The third-order valence-corrected chi connectivity index (χ3v) is 4.62. The Morgan fingerprint density at radius 3 is 2.56 bits per heavy atom. The smallest absolute Gasteiger partial charge is 0.242 e. The van der Waals surface area contributed by atoms with Gasteiger partial charge in [-0.3, -0.25) is 9.59 Å². The largest absolute Gasteiger partial charge is 0.383 e. The molecule has 5 nitrogen and oxygen atoms in total. The Kier molecular flexibility index (Phi) is 7.26. The lowest BCUT2D eigenvalue weighted by atomic mass is 10.0. The van der Waals surface area contributed by atoms with E-state index in [0.29, 0.717) is 30.5 Å². The molecule has 0 aliphatic heterocycles. The molecule has 3 atom stereocenters. The lowest BCUT2D eigenvalue weighted by Crippen LogP contribution is -2.48. The maximum atomic E-state index is 12.5. The first kappa shape index (κ1) is 19.7. The van der Waals surface area contributed by atoms with Crippen LogP contribution in [-0.2, 0) is 14.3 Å². The van der Waals surface area contributed by atoms with Crippen LogP contribution in [0.15, 0.2) is 24.3 Å². The van der Waals surface area contributed by atoms with Gasteiger partial charge in [0.05, 0.1) is 6.61 Å². The average Bonchev–Trinajstić information content (AvgIpc) is 3.35. The molecule has 0 radical (unpaired) electrons. The number of carbonyl (C=O) groups excluding carboxylic acids is 2. The van der Waals surface area contributed by atoms with Gasteiger partial charge in [-0.25, -0.2) is 0 Å². The lowest BCUT2D eigenvalue weighted by Gasteiger charge is -2.20. The van der Waals surface area contributed by atoms with Crippen molar-refractivity contribution >= 4 is 23.4 Å². The molecule has 6 heteroatoms. The molecule has 0 bridgehead atoms. The van der Waals surface area contributed by atoms with Gasteiger partial charge in [-0.2, -0.15) is 0 Å². The Morgan fingerprint density at radius 2 is 1.96 bits per heavy atom. The van der Waals surface area contributed by atoms with Crippen LogP contribution in [0.1, 0.15) is 38.2 Å². The van der Waals surface area contributed by atoms with Crippen molar-refractivity contribution in [3.63, 3.8) is 0 Å². The quantitative estimate of drug-likeness (QED) is 0.660. The fourth-order valence-corrected chi connectivity index (χ4v) is 3.07. The molecule has 1 aliphatic carbocycles. The molecule has 1 aliphatic rings. The van der Waals surface area contributed by atoms with Gasteiger partial charge in [-0.05, 0) is 42.4 Å². The fourth-order valence-electron chi connectivity index (χ4n) is 2.94. The summed E-state index contributed by atoms with van der Waals surface area (Å²) in [5.74, 6) is 0.260. The first-order valence-electron chi connectivity index (χ1n) is 8.74. The first-order valence-corrected chi connectivity index (χ1v) is 9.12. The van der Waals surface area contributed by atoms with E-state index in [1.54, 1.807) is 7.11 Å². The van der Waals surface area contributed by atoms with Gasteiger partial charge < -0.3 is 15.4 Å². The van der Waals surface area contributed by atoms with Crippen molar-refractivity contribution in [3.8, 4) is 0 Å².